The van der Waals surface area contributed by atoms with Crippen LogP contribution in [0.2, 0.25) is 0 Å². The molecule has 6 N–H and O–H groups in total. The summed E-state index contributed by atoms with van der Waals surface area (Å²) >= 11 is 0. The lowest BCUT2D eigenvalue weighted by Gasteiger charge is -2.15. The molecule has 0 atom stereocenters. The molecule has 2 aromatic carbocycles. The van der Waals surface area contributed by atoms with Crippen LogP contribution < -0.4 is 26.4 Å². The number of rotatable bonds is 14. The summed E-state index contributed by atoms with van der Waals surface area (Å²) < 4.78 is 5.64. The number of carbonyl (C=O) groups is 3. The fourth-order valence-corrected chi connectivity index (χ4v) is 3.81. The maximum atomic E-state index is 13.2. The molecule has 11 nitrogen and oxygen atoms in total. The van der Waals surface area contributed by atoms with Crippen molar-refractivity contribution in [2.45, 2.75) is 33.1 Å². The van der Waals surface area contributed by atoms with Gasteiger partial charge in [0.1, 0.15) is 17.4 Å². The zero-order chi connectivity index (χ0) is 29.6. The Morgan fingerprint density at radius 3 is 2.29 bits per heavy atom. The SMILES string of the molecule is C.CN(C)C(=N)c1ccc(C(=O)Nc2ccc(OCC(=O)NCCCCCCN)cc2C(=O)Nc2ccccn2)cc1. The Kier molecular flexibility index (Phi) is 13.6. The average molecular weight is 576 g/mol. The minimum absolute atomic E-state index is 0. The van der Waals surface area contributed by atoms with Crippen LogP contribution in [0.4, 0.5) is 11.5 Å². The highest BCUT2D eigenvalue weighted by atomic mass is 16.5. The molecule has 0 spiro atoms. The molecular formula is C31H41N7O4. The van der Waals surface area contributed by atoms with Gasteiger partial charge in [-0.2, -0.15) is 0 Å². The molecule has 0 saturated heterocycles. The Morgan fingerprint density at radius 2 is 1.62 bits per heavy atom. The minimum atomic E-state index is -0.513. The standard InChI is InChI=1S/C30H37N7O4.CH4/c1-37(2)28(32)21-10-12-22(13-11-21)29(39)35-25-15-14-23(41-20-27(38)34-18-7-4-3-6-16-31)19-24(25)30(40)36-26-9-5-8-17-33-26;/h5,8-15,17,19,32H,3-4,6-7,16,18,20,31H2,1-2H3,(H,34,38)(H,35,39)(H,33,36,40);1H4. The fraction of sp³-hybridized carbons (Fsp3) is 0.323. The maximum absolute atomic E-state index is 13.2. The van der Waals surface area contributed by atoms with E-state index >= 15 is 0 Å². The Hall–Kier alpha value is -4.77. The van der Waals surface area contributed by atoms with Crippen molar-refractivity contribution < 1.29 is 19.1 Å². The lowest BCUT2D eigenvalue weighted by atomic mass is 10.1. The number of nitrogens with two attached hydrogens (primary N) is 1. The normalized spacial score (nSPS) is 10.2. The number of amides is 3. The van der Waals surface area contributed by atoms with Crippen molar-refractivity contribution in [3.05, 3.63) is 83.6 Å². The van der Waals surface area contributed by atoms with Gasteiger partial charge < -0.3 is 31.3 Å². The predicted octanol–water partition coefficient (Wildman–Crippen LogP) is 4.12. The van der Waals surface area contributed by atoms with Gasteiger partial charge in [0.2, 0.25) is 0 Å². The summed E-state index contributed by atoms with van der Waals surface area (Å²) in [6.45, 7) is 0.998. The van der Waals surface area contributed by atoms with Crippen LogP contribution in [0.3, 0.4) is 0 Å². The topological polar surface area (TPSA) is 163 Å². The average Bonchev–Trinajstić information content (AvgIpc) is 2.98. The van der Waals surface area contributed by atoms with Gasteiger partial charge in [0.05, 0.1) is 11.3 Å². The smallest absolute Gasteiger partial charge is 0.259 e. The molecule has 0 aliphatic heterocycles. The van der Waals surface area contributed by atoms with E-state index in [1.165, 1.54) is 6.07 Å². The number of ether oxygens (including phenoxy) is 1. The number of nitrogens with zero attached hydrogens (tertiary/aromatic N) is 2. The number of hydrogen-bond donors (Lipinski definition) is 5. The summed E-state index contributed by atoms with van der Waals surface area (Å²) in [5.74, 6) is -0.270. The first-order valence-corrected chi connectivity index (χ1v) is 13.4. The molecule has 3 amide bonds. The molecule has 0 aliphatic rings. The third-order valence-electron chi connectivity index (χ3n) is 6.08. The fourth-order valence-electron chi connectivity index (χ4n) is 3.81. The molecule has 0 radical (unpaired) electrons. The summed E-state index contributed by atoms with van der Waals surface area (Å²) in [6.07, 6.45) is 5.40. The number of benzene rings is 2. The van der Waals surface area contributed by atoms with Crippen molar-refractivity contribution in [1.29, 1.82) is 5.41 Å². The van der Waals surface area contributed by atoms with E-state index in [0.29, 0.717) is 41.6 Å². The molecule has 0 fully saturated rings. The highest BCUT2D eigenvalue weighted by molar-refractivity contribution is 6.12. The van der Waals surface area contributed by atoms with E-state index < -0.39 is 11.8 Å². The second kappa shape index (κ2) is 17.1. The number of nitrogens with one attached hydrogen (secondary N) is 4. The molecule has 0 bridgehead atoms. The van der Waals surface area contributed by atoms with E-state index in [4.69, 9.17) is 15.9 Å². The second-order valence-electron chi connectivity index (χ2n) is 9.49. The van der Waals surface area contributed by atoms with Crippen LogP contribution in [0.1, 0.15) is 59.4 Å². The Labute approximate surface area is 247 Å². The van der Waals surface area contributed by atoms with E-state index in [9.17, 15) is 14.4 Å². The second-order valence-corrected chi connectivity index (χ2v) is 9.49. The quantitative estimate of drug-likeness (QED) is 0.110. The van der Waals surface area contributed by atoms with Gasteiger partial charge in [-0.25, -0.2) is 4.98 Å². The molecule has 0 unspecified atom stereocenters. The molecule has 1 aromatic heterocycles. The van der Waals surface area contributed by atoms with Crippen LogP contribution in [0.25, 0.3) is 0 Å². The first kappa shape index (κ1) is 33.4. The summed E-state index contributed by atoms with van der Waals surface area (Å²) in [5, 5.41) is 16.4. The molecule has 1 heterocycles. The van der Waals surface area contributed by atoms with E-state index in [2.05, 4.69) is 20.9 Å². The highest BCUT2D eigenvalue weighted by Crippen LogP contribution is 2.24. The van der Waals surface area contributed by atoms with Crippen LogP contribution in [0, 0.1) is 5.41 Å². The van der Waals surface area contributed by atoms with Crippen molar-refractivity contribution in [2.75, 3.05) is 44.4 Å². The molecule has 0 saturated carbocycles. The molecule has 3 rings (SSSR count). The molecule has 3 aromatic rings. The first-order chi connectivity index (χ1) is 19.8. The van der Waals surface area contributed by atoms with E-state index in [1.54, 1.807) is 79.8 Å². The zero-order valence-electron chi connectivity index (χ0n) is 23.4. The number of aromatic nitrogens is 1. The lowest BCUT2D eigenvalue weighted by molar-refractivity contribution is -0.123. The van der Waals surface area contributed by atoms with Crippen LogP contribution in [0.5, 0.6) is 5.75 Å². The first-order valence-electron chi connectivity index (χ1n) is 13.4. The largest absolute Gasteiger partial charge is 0.484 e. The van der Waals surface area contributed by atoms with Gasteiger partial charge in [0.25, 0.3) is 17.7 Å². The molecule has 224 valence electrons. The number of pyridine rings is 1. The monoisotopic (exact) mass is 575 g/mol. The van der Waals surface area contributed by atoms with Crippen LogP contribution in [0.15, 0.2) is 66.9 Å². The third kappa shape index (κ3) is 10.3. The summed E-state index contributed by atoms with van der Waals surface area (Å²) in [4.78, 5) is 44.2. The Balaban J connectivity index is 0.00000616. The van der Waals surface area contributed by atoms with Gasteiger partial charge in [-0.1, -0.05) is 38.5 Å². The van der Waals surface area contributed by atoms with E-state index in [1.807, 2.05) is 0 Å². The van der Waals surface area contributed by atoms with Crippen molar-refractivity contribution in [2.24, 2.45) is 5.73 Å². The third-order valence-corrected chi connectivity index (χ3v) is 6.08. The Morgan fingerprint density at radius 1 is 0.905 bits per heavy atom. The van der Waals surface area contributed by atoms with Gasteiger partial charge in [0.15, 0.2) is 6.61 Å². The molecule has 0 aliphatic carbocycles. The summed E-state index contributed by atoms with van der Waals surface area (Å²) in [5.41, 5.74) is 6.90. The number of unbranched alkanes of at least 4 members (excludes halogenated alkanes) is 3. The van der Waals surface area contributed by atoms with Gasteiger partial charge in [0, 0.05) is 38.0 Å². The molecule has 11 heteroatoms. The maximum Gasteiger partial charge on any atom is 0.259 e. The van der Waals surface area contributed by atoms with Crippen LogP contribution >= 0.6 is 0 Å². The van der Waals surface area contributed by atoms with Crippen LogP contribution in [-0.2, 0) is 4.79 Å². The van der Waals surface area contributed by atoms with E-state index in [0.717, 1.165) is 25.7 Å². The number of amidine groups is 1. The van der Waals surface area contributed by atoms with Gasteiger partial charge in [-0.15, -0.1) is 0 Å². The predicted molar refractivity (Wildman–Crippen MR) is 166 cm³/mol. The minimum Gasteiger partial charge on any atom is -0.484 e. The van der Waals surface area contributed by atoms with E-state index in [-0.39, 0.29) is 31.2 Å². The number of carbonyl (C=O) groups excluding carboxylic acids is 3. The van der Waals surface area contributed by atoms with Crippen LogP contribution in [-0.4, -0.2) is 67.2 Å². The van der Waals surface area contributed by atoms with Gasteiger partial charge >= 0.3 is 0 Å². The summed E-state index contributed by atoms with van der Waals surface area (Å²) in [6, 6.07) is 16.3. The molecule has 42 heavy (non-hydrogen) atoms. The Bertz CT molecular complexity index is 1330. The van der Waals surface area contributed by atoms with Crippen molar-refractivity contribution in [3.8, 4) is 5.75 Å². The molecular weight excluding hydrogens is 534 g/mol. The van der Waals surface area contributed by atoms with Crippen molar-refractivity contribution in [1.82, 2.24) is 15.2 Å². The van der Waals surface area contributed by atoms with Gasteiger partial charge in [-0.05, 0) is 61.9 Å². The lowest BCUT2D eigenvalue weighted by Crippen LogP contribution is -2.29. The van der Waals surface area contributed by atoms with Gasteiger partial charge in [-0.3, -0.25) is 19.8 Å². The number of anilines is 2. The van der Waals surface area contributed by atoms with Crippen molar-refractivity contribution in [3.63, 3.8) is 0 Å². The zero-order valence-corrected chi connectivity index (χ0v) is 23.4. The summed E-state index contributed by atoms with van der Waals surface area (Å²) in [7, 11) is 3.54. The number of hydrogen-bond acceptors (Lipinski definition) is 7. The van der Waals surface area contributed by atoms with Crippen molar-refractivity contribution >= 4 is 35.1 Å². The highest BCUT2D eigenvalue weighted by Gasteiger charge is 2.17.